The Morgan fingerprint density at radius 3 is 2.23 bits per heavy atom. The number of nitrogens with zero attached hydrogens (tertiary/aromatic N) is 1. The number of hydrogen-bond acceptors (Lipinski definition) is 7. The summed E-state index contributed by atoms with van der Waals surface area (Å²) < 4.78 is 33.1. The van der Waals surface area contributed by atoms with Crippen LogP contribution in [0.5, 0.6) is 5.75 Å². The summed E-state index contributed by atoms with van der Waals surface area (Å²) >= 11 is 19.5. The van der Waals surface area contributed by atoms with Gasteiger partial charge >= 0.3 is 0 Å². The van der Waals surface area contributed by atoms with Crippen LogP contribution in [-0.2, 0) is 29.8 Å². The molecule has 0 bridgehead atoms. The maximum atomic E-state index is 15.1. The summed E-state index contributed by atoms with van der Waals surface area (Å²) in [5.41, 5.74) is -0.739. The number of sulfonamides is 1. The number of nitrogens with one attached hydrogen (secondary N) is 2. The maximum Gasteiger partial charge on any atom is 0.247 e. The number of hydrogen-bond donors (Lipinski definition) is 3. The average Bonchev–Trinajstić information content (AvgIpc) is 3.25. The lowest BCUT2D eigenvalue weighted by atomic mass is 9.58. The van der Waals surface area contributed by atoms with Crippen molar-refractivity contribution < 1.29 is 32.6 Å². The maximum absolute atomic E-state index is 15.1. The third kappa shape index (κ3) is 6.21. The van der Waals surface area contributed by atoms with Gasteiger partial charge in [-0.25, -0.2) is 13.3 Å². The van der Waals surface area contributed by atoms with Crippen molar-refractivity contribution in [2.75, 3.05) is 11.2 Å². The zero-order valence-electron chi connectivity index (χ0n) is 26.9. The summed E-state index contributed by atoms with van der Waals surface area (Å²) in [7, 11) is -3.84. The fraction of sp³-hybridized carbons (Fsp3) is 0.382. The van der Waals surface area contributed by atoms with Crippen LogP contribution in [0, 0.1) is 6.92 Å². The highest BCUT2D eigenvalue weighted by Crippen LogP contribution is 2.61. The fourth-order valence-corrected chi connectivity index (χ4v) is 8.26. The highest BCUT2D eigenvalue weighted by molar-refractivity contribution is 7.88. The number of carbonyl (C=O) groups is 3. The molecule has 3 aromatic carbocycles. The van der Waals surface area contributed by atoms with E-state index in [0.717, 1.165) is 16.7 Å². The first-order valence-corrected chi connectivity index (χ1v) is 18.4. The van der Waals surface area contributed by atoms with Gasteiger partial charge in [0.05, 0.1) is 18.0 Å². The molecule has 48 heavy (non-hydrogen) atoms. The number of fused-ring (bicyclic) bond motifs is 2. The second kappa shape index (κ2) is 13.3. The normalized spacial score (nSPS) is 21.6. The first-order chi connectivity index (χ1) is 22.5. The summed E-state index contributed by atoms with van der Waals surface area (Å²) in [4.78, 5) is 43.2. The zero-order chi connectivity index (χ0) is 35.3. The Kier molecular flexibility index (Phi) is 9.97. The minimum absolute atomic E-state index is 0.169. The first kappa shape index (κ1) is 36.1. The van der Waals surface area contributed by atoms with Crippen LogP contribution in [0.1, 0.15) is 74.2 Å². The molecular weight excluding hydrogens is 701 g/mol. The van der Waals surface area contributed by atoms with Gasteiger partial charge in [-0.05, 0) is 78.9 Å². The molecule has 3 N–H and O–H groups in total. The second-order valence-corrected chi connectivity index (χ2v) is 15.4. The molecule has 2 heterocycles. The lowest BCUT2D eigenvalue weighted by Gasteiger charge is -2.48. The number of carbonyl (C=O) groups excluding carboxylic acids is 3. The van der Waals surface area contributed by atoms with Crippen molar-refractivity contribution in [1.29, 1.82) is 0 Å². The van der Waals surface area contributed by atoms with Crippen LogP contribution in [0.2, 0.25) is 15.1 Å². The van der Waals surface area contributed by atoms with Crippen molar-refractivity contribution in [2.24, 2.45) is 0 Å². The standard InChI is InChI=1S/C34H36Cl3N3O7S/c1-6-33(7-2,31(43)39-48(5,45)46)47-28-13-11-21(36)15-24(28)26-17-29(42)38-30(23-14-20(35)9-8-18(23)3)34(26)25-12-10-22(37)16-27(25)40(19(4)41)32(34)44/h8-16,26,30-31,39,43H,6-7,17H2,1-5H3,(H,38,42)/t26-,30+,31?,34-/m0/s1. The molecular formula is C34H36Cl3N3O7S. The number of aliphatic hydroxyl groups excluding tert-OH is 1. The Morgan fingerprint density at radius 1 is 1.04 bits per heavy atom. The van der Waals surface area contributed by atoms with E-state index in [-0.39, 0.29) is 41.6 Å². The lowest BCUT2D eigenvalue weighted by molar-refractivity contribution is -0.134. The number of halogens is 3. The number of aryl methyl sites for hydroxylation is 1. The van der Waals surface area contributed by atoms with Gasteiger partial charge in [-0.15, -0.1) is 0 Å². The molecule has 2 aliphatic heterocycles. The van der Waals surface area contributed by atoms with Gasteiger partial charge in [0.25, 0.3) is 0 Å². The monoisotopic (exact) mass is 735 g/mol. The van der Waals surface area contributed by atoms with E-state index in [0.29, 0.717) is 26.7 Å². The van der Waals surface area contributed by atoms with E-state index in [9.17, 15) is 23.1 Å². The first-order valence-electron chi connectivity index (χ1n) is 15.3. The van der Waals surface area contributed by atoms with Crippen molar-refractivity contribution >= 4 is 68.2 Å². The highest BCUT2D eigenvalue weighted by atomic mass is 35.5. The van der Waals surface area contributed by atoms with Gasteiger partial charge in [0, 0.05) is 39.9 Å². The van der Waals surface area contributed by atoms with Crippen molar-refractivity contribution in [2.45, 2.75) is 76.2 Å². The van der Waals surface area contributed by atoms with Crippen LogP contribution in [0.25, 0.3) is 0 Å². The number of imide groups is 1. The summed E-state index contributed by atoms with van der Waals surface area (Å²) in [6, 6.07) is 13.7. The quantitative estimate of drug-likeness (QED) is 0.231. The lowest BCUT2D eigenvalue weighted by Crippen LogP contribution is -2.59. The van der Waals surface area contributed by atoms with E-state index in [4.69, 9.17) is 39.5 Å². The predicted molar refractivity (Wildman–Crippen MR) is 185 cm³/mol. The Bertz CT molecular complexity index is 1920. The summed E-state index contributed by atoms with van der Waals surface area (Å²) in [5, 5.41) is 15.2. The molecule has 5 rings (SSSR count). The van der Waals surface area contributed by atoms with Crippen LogP contribution in [0.3, 0.4) is 0 Å². The van der Waals surface area contributed by atoms with Crippen molar-refractivity contribution in [3.63, 3.8) is 0 Å². The molecule has 0 aliphatic carbocycles. The molecule has 0 aromatic heterocycles. The van der Waals surface area contributed by atoms with E-state index in [2.05, 4.69) is 10.0 Å². The minimum Gasteiger partial charge on any atom is -0.483 e. The molecule has 10 nitrogen and oxygen atoms in total. The van der Waals surface area contributed by atoms with Gasteiger partial charge in [0.2, 0.25) is 27.7 Å². The number of aliphatic hydroxyl groups is 1. The van der Waals surface area contributed by atoms with E-state index < -0.39 is 51.0 Å². The van der Waals surface area contributed by atoms with Gasteiger partial charge in [0.1, 0.15) is 16.8 Å². The molecule has 2 aliphatic rings. The van der Waals surface area contributed by atoms with Crippen LogP contribution < -0.4 is 19.7 Å². The topological polar surface area (TPSA) is 142 Å². The second-order valence-electron chi connectivity index (χ2n) is 12.3. The van der Waals surface area contributed by atoms with Gasteiger partial charge in [0.15, 0.2) is 6.23 Å². The third-order valence-electron chi connectivity index (χ3n) is 9.45. The van der Waals surface area contributed by atoms with Crippen molar-refractivity contribution in [3.8, 4) is 5.75 Å². The van der Waals surface area contributed by atoms with Gasteiger partial charge in [-0.3, -0.25) is 14.4 Å². The smallest absolute Gasteiger partial charge is 0.247 e. The van der Waals surface area contributed by atoms with Crippen LogP contribution >= 0.6 is 34.8 Å². The Balaban J connectivity index is 1.84. The summed E-state index contributed by atoms with van der Waals surface area (Å²) in [6.45, 7) is 6.59. The van der Waals surface area contributed by atoms with Gasteiger partial charge in [-0.2, -0.15) is 4.72 Å². The highest BCUT2D eigenvalue weighted by Gasteiger charge is 2.64. The van der Waals surface area contributed by atoms with Crippen LogP contribution in [0.4, 0.5) is 5.69 Å². The van der Waals surface area contributed by atoms with Gasteiger partial charge in [-0.1, -0.05) is 60.8 Å². The number of rotatable bonds is 9. The largest absolute Gasteiger partial charge is 0.483 e. The van der Waals surface area contributed by atoms with E-state index >= 15 is 4.79 Å². The predicted octanol–water partition coefficient (Wildman–Crippen LogP) is 5.94. The number of amides is 3. The number of piperidine rings is 1. The van der Waals surface area contributed by atoms with Gasteiger partial charge < -0.3 is 15.2 Å². The Labute approximate surface area is 294 Å². The number of ether oxygens (including phenoxy) is 1. The van der Waals surface area contributed by atoms with Crippen molar-refractivity contribution in [3.05, 3.63) is 91.9 Å². The average molecular weight is 737 g/mol. The fourth-order valence-electron chi connectivity index (χ4n) is 7.11. The molecule has 4 atom stereocenters. The minimum atomic E-state index is -3.84. The third-order valence-corrected chi connectivity index (χ3v) is 10.8. The van der Waals surface area contributed by atoms with Crippen molar-refractivity contribution in [1.82, 2.24) is 10.0 Å². The van der Waals surface area contributed by atoms with E-state index in [1.807, 2.05) is 6.92 Å². The molecule has 0 radical (unpaired) electrons. The van der Waals surface area contributed by atoms with E-state index in [1.54, 1.807) is 68.4 Å². The zero-order valence-corrected chi connectivity index (χ0v) is 30.0. The molecule has 256 valence electrons. The number of benzene rings is 3. The Hall–Kier alpha value is -3.19. The van der Waals surface area contributed by atoms with Crippen LogP contribution in [0.15, 0.2) is 54.6 Å². The summed E-state index contributed by atoms with van der Waals surface area (Å²) in [6.07, 6.45) is -0.594. The molecule has 14 heteroatoms. The summed E-state index contributed by atoms with van der Waals surface area (Å²) in [5.74, 6) is -2.36. The number of anilines is 1. The molecule has 1 spiro atoms. The molecule has 3 amide bonds. The van der Waals surface area contributed by atoms with Crippen LogP contribution in [-0.4, -0.2) is 49.3 Å². The van der Waals surface area contributed by atoms with E-state index in [1.165, 1.54) is 6.92 Å². The Morgan fingerprint density at radius 2 is 1.62 bits per heavy atom. The molecule has 3 aromatic rings. The molecule has 0 saturated carbocycles. The SMILES string of the molecule is CCC(CC)(Oc1ccc(Cl)cc1[C@@H]1CC(=O)N[C@H](c2cc(Cl)ccc2C)[C@@]12C(=O)N(C(C)=O)c1cc(Cl)ccc12)C(O)NS(C)(=O)=O. The molecule has 1 unspecified atom stereocenters. The molecule has 1 saturated heterocycles. The molecule has 1 fully saturated rings.